The molecule has 1 fully saturated rings. The van der Waals surface area contributed by atoms with Gasteiger partial charge in [-0.15, -0.1) is 0 Å². The molecule has 2 aromatic carbocycles. The van der Waals surface area contributed by atoms with Crippen LogP contribution in [-0.4, -0.2) is 66.5 Å². The molecule has 1 saturated heterocycles. The van der Waals surface area contributed by atoms with Crippen LogP contribution in [0.5, 0.6) is 11.5 Å². The highest BCUT2D eigenvalue weighted by Crippen LogP contribution is 2.40. The summed E-state index contributed by atoms with van der Waals surface area (Å²) in [5, 5.41) is 11.3. The van der Waals surface area contributed by atoms with Gasteiger partial charge < -0.3 is 24.4 Å². The first-order chi connectivity index (χ1) is 16.6. The minimum absolute atomic E-state index is 0.0269. The fraction of sp³-hybridized carbons (Fsp3) is 0.429. The summed E-state index contributed by atoms with van der Waals surface area (Å²) in [4.78, 5) is 29.8. The maximum absolute atomic E-state index is 13.2. The Balaban J connectivity index is 2.07. The number of aliphatic hydroxyl groups excluding tert-OH is 1. The van der Waals surface area contributed by atoms with Crippen LogP contribution in [0.2, 0.25) is 0 Å². The molecule has 1 heterocycles. The maximum Gasteiger partial charge on any atom is 0.295 e. The van der Waals surface area contributed by atoms with Crippen molar-refractivity contribution in [2.45, 2.75) is 46.3 Å². The van der Waals surface area contributed by atoms with Gasteiger partial charge in [0.05, 0.1) is 24.3 Å². The van der Waals surface area contributed by atoms with Gasteiger partial charge in [-0.1, -0.05) is 19.1 Å². The summed E-state index contributed by atoms with van der Waals surface area (Å²) in [6.07, 6.45) is 0.914. The van der Waals surface area contributed by atoms with Gasteiger partial charge in [0.2, 0.25) is 0 Å². The molecule has 1 N–H and O–H groups in total. The number of aliphatic hydroxyl groups is 1. The van der Waals surface area contributed by atoms with Crippen molar-refractivity contribution < 1.29 is 24.2 Å². The Morgan fingerprint density at radius 3 is 2.37 bits per heavy atom. The lowest BCUT2D eigenvalue weighted by molar-refractivity contribution is -0.140. The highest BCUT2D eigenvalue weighted by molar-refractivity contribution is 6.46. The maximum atomic E-state index is 13.2. The van der Waals surface area contributed by atoms with Crippen LogP contribution in [0.1, 0.15) is 49.9 Å². The molecule has 0 bridgehead atoms. The third-order valence-electron chi connectivity index (χ3n) is 5.81. The van der Waals surface area contributed by atoms with E-state index in [0.29, 0.717) is 31.0 Å². The molecule has 3 rings (SSSR count). The van der Waals surface area contributed by atoms with E-state index in [1.165, 1.54) is 4.90 Å². The molecule has 0 radical (unpaired) electrons. The number of nitrogens with zero attached hydrogens (tertiary/aromatic N) is 2. The molecular formula is C28H36N2O5. The molecule has 1 unspecified atom stereocenters. The molecule has 1 atom stereocenters. The van der Waals surface area contributed by atoms with Crippen LogP contribution in [0.25, 0.3) is 5.76 Å². The van der Waals surface area contributed by atoms with Gasteiger partial charge in [-0.05, 0) is 82.7 Å². The van der Waals surface area contributed by atoms with Crippen LogP contribution in [0.15, 0.2) is 48.0 Å². The number of ether oxygens (including phenoxy) is 2. The fourth-order valence-electron chi connectivity index (χ4n) is 4.09. The lowest BCUT2D eigenvalue weighted by Crippen LogP contribution is -2.35. The number of likely N-dealkylation sites (N-methyl/N-ethyl adjacent to an activating group) is 1. The minimum Gasteiger partial charge on any atom is -0.507 e. The Hall–Kier alpha value is -3.32. The molecule has 7 nitrogen and oxygen atoms in total. The van der Waals surface area contributed by atoms with Gasteiger partial charge in [0, 0.05) is 18.7 Å². The van der Waals surface area contributed by atoms with E-state index in [2.05, 4.69) is 0 Å². The van der Waals surface area contributed by atoms with Crippen LogP contribution in [0, 0.1) is 6.92 Å². The zero-order valence-corrected chi connectivity index (χ0v) is 21.5. The van der Waals surface area contributed by atoms with Crippen molar-refractivity contribution >= 4 is 17.4 Å². The van der Waals surface area contributed by atoms with E-state index in [9.17, 15) is 14.7 Å². The third-order valence-corrected chi connectivity index (χ3v) is 5.81. The van der Waals surface area contributed by atoms with Crippen molar-refractivity contribution in [2.24, 2.45) is 0 Å². The number of hydrogen-bond donors (Lipinski definition) is 1. The Bertz CT molecular complexity index is 1090. The second-order valence-corrected chi connectivity index (χ2v) is 9.36. The molecule has 2 aromatic rings. The Morgan fingerprint density at radius 2 is 1.80 bits per heavy atom. The van der Waals surface area contributed by atoms with Crippen molar-refractivity contribution in [2.75, 3.05) is 33.8 Å². The molecule has 7 heteroatoms. The second-order valence-electron chi connectivity index (χ2n) is 9.36. The molecule has 35 heavy (non-hydrogen) atoms. The largest absolute Gasteiger partial charge is 0.507 e. The summed E-state index contributed by atoms with van der Waals surface area (Å²) in [5.74, 6) is -0.0500. The van der Waals surface area contributed by atoms with Crippen LogP contribution < -0.4 is 9.47 Å². The third kappa shape index (κ3) is 6.03. The number of likely N-dealkylation sites (tertiary alicyclic amines) is 1. The number of carbonyl (C=O) groups is 2. The smallest absolute Gasteiger partial charge is 0.295 e. The Morgan fingerprint density at radius 1 is 1.11 bits per heavy atom. The van der Waals surface area contributed by atoms with E-state index in [-0.39, 0.29) is 17.4 Å². The number of benzene rings is 2. The number of aryl methyl sites for hydroxylation is 1. The van der Waals surface area contributed by atoms with E-state index < -0.39 is 17.7 Å². The van der Waals surface area contributed by atoms with Gasteiger partial charge in [-0.25, -0.2) is 0 Å². The summed E-state index contributed by atoms with van der Waals surface area (Å²) < 4.78 is 11.5. The molecule has 0 aromatic heterocycles. The monoisotopic (exact) mass is 480 g/mol. The summed E-state index contributed by atoms with van der Waals surface area (Å²) in [5.41, 5.74) is 2.14. The summed E-state index contributed by atoms with van der Waals surface area (Å²) in [6.45, 7) is 9.36. The zero-order chi connectivity index (χ0) is 25.7. The number of ketones is 1. The molecule has 0 aliphatic carbocycles. The van der Waals surface area contributed by atoms with Gasteiger partial charge >= 0.3 is 0 Å². The van der Waals surface area contributed by atoms with Crippen LogP contribution >= 0.6 is 0 Å². The van der Waals surface area contributed by atoms with Gasteiger partial charge in [0.25, 0.3) is 11.7 Å². The molecule has 0 saturated carbocycles. The number of rotatable bonds is 10. The van der Waals surface area contributed by atoms with Crippen molar-refractivity contribution in [3.8, 4) is 11.5 Å². The summed E-state index contributed by atoms with van der Waals surface area (Å²) in [7, 11) is 3.82. The molecule has 0 spiro atoms. The molecule has 188 valence electrons. The number of amides is 1. The first-order valence-electron chi connectivity index (χ1n) is 12.1. The van der Waals surface area contributed by atoms with Crippen molar-refractivity contribution in [1.82, 2.24) is 9.80 Å². The van der Waals surface area contributed by atoms with Gasteiger partial charge in [0.1, 0.15) is 17.3 Å². The molecule has 1 amide bonds. The zero-order valence-electron chi connectivity index (χ0n) is 21.5. The molecule has 1 aliphatic heterocycles. The van der Waals surface area contributed by atoms with Crippen LogP contribution in [0.4, 0.5) is 0 Å². The Labute approximate surface area is 207 Å². The first-order valence-corrected chi connectivity index (χ1v) is 12.1. The SMILES string of the molecule is CCCOc1ccc(/C(O)=C2/C(=O)C(=O)N(CCN(C)C)C2c2ccc(OC(C)C)cc2)cc1C. The standard InChI is InChI=1S/C28H36N2O5/c1-7-16-34-23-13-10-21(17-19(23)4)26(31)24-25(20-8-11-22(12-9-20)35-18(2)3)30(15-14-29(5)6)28(33)27(24)32/h8-13,17-18,25,31H,7,14-16H2,1-6H3/b26-24-. The fourth-order valence-corrected chi connectivity index (χ4v) is 4.09. The van der Waals surface area contributed by atoms with E-state index >= 15 is 0 Å². The van der Waals surface area contributed by atoms with E-state index in [1.54, 1.807) is 18.2 Å². The number of Topliss-reactive ketones (excluding diaryl/α,β-unsaturated/α-hetero) is 1. The average Bonchev–Trinajstić information content (AvgIpc) is 3.06. The van der Waals surface area contributed by atoms with Crippen molar-refractivity contribution in [3.05, 3.63) is 64.7 Å². The van der Waals surface area contributed by atoms with Crippen LogP contribution in [0.3, 0.4) is 0 Å². The number of hydrogen-bond acceptors (Lipinski definition) is 6. The second kappa shape index (κ2) is 11.4. The Kier molecular flexibility index (Phi) is 8.57. The topological polar surface area (TPSA) is 79.3 Å². The predicted molar refractivity (Wildman–Crippen MR) is 137 cm³/mol. The predicted octanol–water partition coefficient (Wildman–Crippen LogP) is 4.55. The molecule has 1 aliphatic rings. The van der Waals surface area contributed by atoms with Gasteiger partial charge in [-0.3, -0.25) is 9.59 Å². The summed E-state index contributed by atoms with van der Waals surface area (Å²) in [6, 6.07) is 11.9. The van der Waals surface area contributed by atoms with Gasteiger partial charge in [0.15, 0.2) is 0 Å². The van der Waals surface area contributed by atoms with Gasteiger partial charge in [-0.2, -0.15) is 0 Å². The lowest BCUT2D eigenvalue weighted by Gasteiger charge is -2.26. The highest BCUT2D eigenvalue weighted by atomic mass is 16.5. The van der Waals surface area contributed by atoms with Crippen molar-refractivity contribution in [3.63, 3.8) is 0 Å². The highest BCUT2D eigenvalue weighted by Gasteiger charge is 2.45. The van der Waals surface area contributed by atoms with E-state index in [4.69, 9.17) is 9.47 Å². The first kappa shape index (κ1) is 26.3. The van der Waals surface area contributed by atoms with E-state index in [1.807, 2.05) is 71.0 Å². The minimum atomic E-state index is -0.695. The molecular weight excluding hydrogens is 444 g/mol. The van der Waals surface area contributed by atoms with Crippen LogP contribution in [-0.2, 0) is 9.59 Å². The number of carbonyl (C=O) groups excluding carboxylic acids is 2. The van der Waals surface area contributed by atoms with Crippen molar-refractivity contribution in [1.29, 1.82) is 0 Å². The normalized spacial score (nSPS) is 17.5. The average molecular weight is 481 g/mol. The lowest BCUT2D eigenvalue weighted by atomic mass is 9.94. The quantitative estimate of drug-likeness (QED) is 0.305. The van der Waals surface area contributed by atoms with E-state index in [0.717, 1.165) is 23.3 Å². The summed E-state index contributed by atoms with van der Waals surface area (Å²) >= 11 is 0.